The summed E-state index contributed by atoms with van der Waals surface area (Å²) in [5.74, 6) is 0.552. The van der Waals surface area contributed by atoms with E-state index in [0.717, 1.165) is 19.4 Å². The van der Waals surface area contributed by atoms with Crippen LogP contribution in [-0.2, 0) is 9.53 Å². The highest BCUT2D eigenvalue weighted by molar-refractivity contribution is 5.78. The van der Waals surface area contributed by atoms with Crippen molar-refractivity contribution in [3.8, 4) is 0 Å². The molecule has 5 unspecified atom stereocenters. The van der Waals surface area contributed by atoms with Gasteiger partial charge in [-0.25, -0.2) is 0 Å². The number of carbonyl (C=O) groups excluding carboxylic acids is 1. The molecule has 0 aromatic heterocycles. The summed E-state index contributed by atoms with van der Waals surface area (Å²) in [6.45, 7) is 0.909. The van der Waals surface area contributed by atoms with E-state index in [1.165, 1.54) is 7.11 Å². The second-order valence-corrected chi connectivity index (χ2v) is 5.18. The highest BCUT2D eigenvalue weighted by Crippen LogP contribution is 2.39. The van der Waals surface area contributed by atoms with Crippen LogP contribution in [-0.4, -0.2) is 60.4 Å². The molecule has 0 aromatic carbocycles. The maximum absolute atomic E-state index is 11.9. The molecule has 5 nitrogen and oxygen atoms in total. The zero-order valence-electron chi connectivity index (χ0n) is 9.43. The van der Waals surface area contributed by atoms with Crippen LogP contribution in [0.15, 0.2) is 0 Å². The summed E-state index contributed by atoms with van der Waals surface area (Å²) >= 11 is 0. The molecule has 3 aliphatic rings. The lowest BCUT2D eigenvalue weighted by Gasteiger charge is -2.42. The average Bonchev–Trinajstić information content (AvgIpc) is 2.41. The zero-order valence-corrected chi connectivity index (χ0v) is 9.43. The molecule has 3 heterocycles. The fourth-order valence-electron chi connectivity index (χ4n) is 3.60. The number of amides is 1. The molecule has 3 rings (SSSR count). The lowest BCUT2D eigenvalue weighted by Crippen LogP contribution is -2.57. The van der Waals surface area contributed by atoms with Crippen LogP contribution in [0.4, 0.5) is 0 Å². The van der Waals surface area contributed by atoms with Crippen LogP contribution in [0.1, 0.15) is 12.8 Å². The molecule has 0 radical (unpaired) electrons. The maximum Gasteiger partial charge on any atom is 0.248 e. The first kappa shape index (κ1) is 10.5. The van der Waals surface area contributed by atoms with Gasteiger partial charge >= 0.3 is 0 Å². The summed E-state index contributed by atoms with van der Waals surface area (Å²) in [6.07, 6.45) is 1.68. The first-order valence-electron chi connectivity index (χ1n) is 5.93. The van der Waals surface area contributed by atoms with Gasteiger partial charge in [0.25, 0.3) is 0 Å². The first-order chi connectivity index (χ1) is 7.70. The van der Waals surface area contributed by atoms with Crippen LogP contribution >= 0.6 is 0 Å². The van der Waals surface area contributed by atoms with Gasteiger partial charge in [-0.05, 0) is 18.8 Å². The number of ether oxygens (including phenoxy) is 1. The number of nitrogens with one attached hydrogen (secondary N) is 1. The number of piperidine rings is 2. The fourth-order valence-corrected chi connectivity index (χ4v) is 3.60. The van der Waals surface area contributed by atoms with Crippen LogP contribution in [0.3, 0.4) is 0 Å². The third kappa shape index (κ3) is 1.38. The van der Waals surface area contributed by atoms with E-state index in [1.807, 2.05) is 4.90 Å². The lowest BCUT2D eigenvalue weighted by molar-refractivity contribution is -0.142. The molecule has 5 heteroatoms. The number of carbonyl (C=O) groups is 1. The van der Waals surface area contributed by atoms with Crippen molar-refractivity contribution < 1.29 is 14.6 Å². The van der Waals surface area contributed by atoms with E-state index < -0.39 is 6.10 Å². The molecule has 16 heavy (non-hydrogen) atoms. The van der Waals surface area contributed by atoms with Crippen LogP contribution in [0.2, 0.25) is 0 Å². The van der Waals surface area contributed by atoms with Gasteiger partial charge in [0, 0.05) is 25.7 Å². The smallest absolute Gasteiger partial charge is 0.248 e. The van der Waals surface area contributed by atoms with Crippen molar-refractivity contribution in [3.05, 3.63) is 0 Å². The van der Waals surface area contributed by atoms with Gasteiger partial charge in [-0.3, -0.25) is 4.79 Å². The number of hydrogen-bond acceptors (Lipinski definition) is 4. The Kier molecular flexibility index (Phi) is 2.42. The number of hydrogen-bond donors (Lipinski definition) is 2. The van der Waals surface area contributed by atoms with Crippen molar-refractivity contribution in [3.63, 3.8) is 0 Å². The molecule has 0 saturated carbocycles. The van der Waals surface area contributed by atoms with Crippen molar-refractivity contribution in [2.75, 3.05) is 20.3 Å². The van der Waals surface area contributed by atoms with Gasteiger partial charge in [-0.15, -0.1) is 0 Å². The standard InChI is InChI=1S/C11H18N2O3/c1-16-5-9(14)13-4-6-2-7-10(13)11(15)8(3-6)12-7/h6-8,10-12,15H,2-5H2,1H3. The van der Waals surface area contributed by atoms with E-state index in [2.05, 4.69) is 5.32 Å². The Labute approximate surface area is 94.8 Å². The first-order valence-corrected chi connectivity index (χ1v) is 5.93. The second-order valence-electron chi connectivity index (χ2n) is 5.18. The second kappa shape index (κ2) is 3.68. The molecule has 1 amide bonds. The van der Waals surface area contributed by atoms with Gasteiger partial charge in [0.15, 0.2) is 0 Å². The van der Waals surface area contributed by atoms with E-state index in [0.29, 0.717) is 5.92 Å². The summed E-state index contributed by atoms with van der Waals surface area (Å²) in [5.41, 5.74) is 0. The molecule has 3 aliphatic heterocycles. The molecule has 0 aromatic rings. The highest BCUT2D eigenvalue weighted by Gasteiger charge is 2.54. The van der Waals surface area contributed by atoms with E-state index >= 15 is 0 Å². The molecule has 0 aliphatic carbocycles. The Bertz CT molecular complexity index is 306. The Morgan fingerprint density at radius 3 is 3.00 bits per heavy atom. The van der Waals surface area contributed by atoms with Gasteiger partial charge in [0.1, 0.15) is 6.61 Å². The van der Waals surface area contributed by atoms with Crippen LogP contribution < -0.4 is 5.32 Å². The third-order valence-electron chi connectivity index (χ3n) is 4.18. The van der Waals surface area contributed by atoms with Gasteiger partial charge < -0.3 is 20.1 Å². The van der Waals surface area contributed by atoms with Gasteiger partial charge in [0.2, 0.25) is 5.91 Å². The quantitative estimate of drug-likeness (QED) is 0.631. The van der Waals surface area contributed by atoms with Crippen molar-refractivity contribution in [1.82, 2.24) is 10.2 Å². The van der Waals surface area contributed by atoms with Gasteiger partial charge in [-0.1, -0.05) is 0 Å². The SMILES string of the molecule is COCC(=O)N1CC2CC3NC(C2)C1C3O. The summed E-state index contributed by atoms with van der Waals surface area (Å²) in [4.78, 5) is 13.7. The van der Waals surface area contributed by atoms with Crippen LogP contribution in [0.25, 0.3) is 0 Å². The van der Waals surface area contributed by atoms with Crippen molar-refractivity contribution in [1.29, 1.82) is 0 Å². The topological polar surface area (TPSA) is 61.8 Å². The Morgan fingerprint density at radius 1 is 1.50 bits per heavy atom. The molecule has 3 bridgehead atoms. The molecular formula is C11H18N2O3. The van der Waals surface area contributed by atoms with Crippen LogP contribution in [0, 0.1) is 5.92 Å². The maximum atomic E-state index is 11.9. The molecule has 90 valence electrons. The Balaban J connectivity index is 1.83. The van der Waals surface area contributed by atoms with Crippen LogP contribution in [0.5, 0.6) is 0 Å². The van der Waals surface area contributed by atoms with Crippen molar-refractivity contribution in [2.24, 2.45) is 5.92 Å². The van der Waals surface area contributed by atoms with Crippen molar-refractivity contribution in [2.45, 2.75) is 37.1 Å². The molecule has 3 saturated heterocycles. The minimum absolute atomic E-state index is 0.00519. The summed E-state index contributed by atoms with van der Waals surface area (Å²) in [6, 6.07) is 0.439. The minimum Gasteiger partial charge on any atom is -0.389 e. The summed E-state index contributed by atoms with van der Waals surface area (Å²) < 4.78 is 4.90. The van der Waals surface area contributed by atoms with E-state index in [4.69, 9.17) is 4.74 Å². The highest BCUT2D eigenvalue weighted by atomic mass is 16.5. The number of aliphatic hydroxyl groups is 1. The monoisotopic (exact) mass is 226 g/mol. The number of nitrogens with zero attached hydrogens (tertiary/aromatic N) is 1. The average molecular weight is 226 g/mol. The Morgan fingerprint density at radius 2 is 2.25 bits per heavy atom. The predicted octanol–water partition coefficient (Wildman–Crippen LogP) is -1.05. The minimum atomic E-state index is -0.404. The molecule has 2 N–H and O–H groups in total. The number of rotatable bonds is 2. The van der Waals surface area contributed by atoms with Gasteiger partial charge in [0.05, 0.1) is 12.1 Å². The Hall–Kier alpha value is -0.650. The van der Waals surface area contributed by atoms with E-state index in [-0.39, 0.29) is 30.6 Å². The largest absolute Gasteiger partial charge is 0.389 e. The fraction of sp³-hybridized carbons (Fsp3) is 0.909. The van der Waals surface area contributed by atoms with Gasteiger partial charge in [-0.2, -0.15) is 0 Å². The normalized spacial score (nSPS) is 45.1. The molecule has 0 spiro atoms. The molecular weight excluding hydrogens is 208 g/mol. The zero-order chi connectivity index (χ0) is 11.3. The number of methoxy groups -OCH3 is 1. The summed E-state index contributed by atoms with van der Waals surface area (Å²) in [5, 5.41) is 13.6. The van der Waals surface area contributed by atoms with E-state index in [9.17, 15) is 9.90 Å². The molecule has 5 atom stereocenters. The predicted molar refractivity (Wildman–Crippen MR) is 56.8 cm³/mol. The number of fused-ring (bicyclic) bond motifs is 2. The van der Waals surface area contributed by atoms with E-state index in [1.54, 1.807) is 0 Å². The van der Waals surface area contributed by atoms with Crippen molar-refractivity contribution >= 4 is 5.91 Å². The number of likely N-dealkylation sites (tertiary alicyclic amines) is 1. The number of aliphatic hydroxyl groups excluding tert-OH is 1. The molecule has 3 fully saturated rings. The summed E-state index contributed by atoms with van der Waals surface area (Å²) in [7, 11) is 1.53. The lowest BCUT2D eigenvalue weighted by atomic mass is 9.88. The third-order valence-corrected chi connectivity index (χ3v) is 4.18.